The summed E-state index contributed by atoms with van der Waals surface area (Å²) in [4.78, 5) is 38.2. The van der Waals surface area contributed by atoms with Crippen molar-refractivity contribution in [2.75, 3.05) is 0 Å². The fourth-order valence-corrected chi connectivity index (χ4v) is 4.16. The quantitative estimate of drug-likeness (QED) is 0.587. The molecule has 34 heavy (non-hydrogen) atoms. The molecule has 2 aliphatic rings. The van der Waals surface area contributed by atoms with Crippen LogP contribution in [0, 0.1) is 0 Å². The number of hydrogen-bond acceptors (Lipinski definition) is 6. The number of piperidine rings is 1. The molecular formula is C22H16F3N5O4. The van der Waals surface area contributed by atoms with Gasteiger partial charge >= 0.3 is 6.36 Å². The van der Waals surface area contributed by atoms with Crippen LogP contribution < -0.4 is 10.1 Å². The third-order valence-corrected chi connectivity index (χ3v) is 5.67. The molecule has 3 amide bonds. The molecule has 2 aromatic carbocycles. The summed E-state index contributed by atoms with van der Waals surface area (Å²) in [6.45, 7) is 0.151. The van der Waals surface area contributed by atoms with E-state index in [1.165, 1.54) is 34.0 Å². The number of fused-ring (bicyclic) bond motifs is 1. The van der Waals surface area contributed by atoms with E-state index in [0.29, 0.717) is 28.1 Å². The smallest absolute Gasteiger partial charge is 0.406 e. The normalized spacial score (nSPS) is 18.1. The number of nitrogens with one attached hydrogen (secondary N) is 1. The van der Waals surface area contributed by atoms with Crippen molar-refractivity contribution >= 4 is 17.7 Å². The second-order valence-corrected chi connectivity index (χ2v) is 7.83. The number of carbonyl (C=O) groups excluding carboxylic acids is 3. The Kier molecular flexibility index (Phi) is 5.07. The number of benzene rings is 2. The van der Waals surface area contributed by atoms with Gasteiger partial charge in [0, 0.05) is 30.2 Å². The lowest BCUT2D eigenvalue weighted by Crippen LogP contribution is -2.52. The van der Waals surface area contributed by atoms with Crippen LogP contribution in [0.3, 0.4) is 0 Å². The highest BCUT2D eigenvalue weighted by Crippen LogP contribution is 2.34. The number of carbonyl (C=O) groups is 3. The monoisotopic (exact) mass is 471 g/mol. The van der Waals surface area contributed by atoms with Crippen LogP contribution in [0.15, 0.2) is 48.7 Å². The molecule has 1 saturated heterocycles. The average Bonchev–Trinajstić information content (AvgIpc) is 3.38. The largest absolute Gasteiger partial charge is 0.573 e. The first-order chi connectivity index (χ1) is 16.2. The maximum atomic E-state index is 13.0. The Morgan fingerprint density at radius 3 is 2.59 bits per heavy atom. The van der Waals surface area contributed by atoms with E-state index < -0.39 is 24.1 Å². The molecule has 0 aliphatic carbocycles. The minimum absolute atomic E-state index is 0.148. The van der Waals surface area contributed by atoms with Gasteiger partial charge in [-0.1, -0.05) is 23.4 Å². The zero-order chi connectivity index (χ0) is 24.0. The molecule has 3 aromatic rings. The number of halogens is 3. The summed E-state index contributed by atoms with van der Waals surface area (Å²) >= 11 is 0. The molecule has 3 heterocycles. The van der Waals surface area contributed by atoms with Gasteiger partial charge < -0.3 is 9.64 Å². The van der Waals surface area contributed by atoms with Gasteiger partial charge in [0.2, 0.25) is 11.8 Å². The molecule has 1 atom stereocenters. The van der Waals surface area contributed by atoms with E-state index in [2.05, 4.69) is 20.4 Å². The highest BCUT2D eigenvalue weighted by atomic mass is 19.4. The van der Waals surface area contributed by atoms with E-state index in [0.717, 1.165) is 0 Å². The lowest BCUT2D eigenvalue weighted by atomic mass is 10.0. The molecule has 12 heteroatoms. The summed E-state index contributed by atoms with van der Waals surface area (Å²) in [5, 5.41) is 10.4. The minimum Gasteiger partial charge on any atom is -0.406 e. The summed E-state index contributed by atoms with van der Waals surface area (Å²) < 4.78 is 42.9. The number of alkyl halides is 3. The molecule has 0 saturated carbocycles. The number of ether oxygens (including phenoxy) is 1. The van der Waals surface area contributed by atoms with Crippen LogP contribution in [-0.2, 0) is 16.1 Å². The average molecular weight is 471 g/mol. The van der Waals surface area contributed by atoms with Crippen molar-refractivity contribution in [2.45, 2.75) is 31.8 Å². The van der Waals surface area contributed by atoms with E-state index in [9.17, 15) is 27.6 Å². The maximum absolute atomic E-state index is 13.0. The Hall–Kier alpha value is -4.22. The first kappa shape index (κ1) is 21.6. The van der Waals surface area contributed by atoms with Crippen molar-refractivity contribution in [2.24, 2.45) is 0 Å². The molecule has 1 N–H and O–H groups in total. The van der Waals surface area contributed by atoms with Crippen molar-refractivity contribution in [3.63, 3.8) is 0 Å². The summed E-state index contributed by atoms with van der Waals surface area (Å²) in [6, 6.07) is 9.62. The second kappa shape index (κ2) is 7.97. The fourth-order valence-electron chi connectivity index (χ4n) is 4.16. The van der Waals surface area contributed by atoms with Gasteiger partial charge in [-0.15, -0.1) is 18.3 Å². The fraction of sp³-hybridized carbons (Fsp3) is 0.227. The SMILES string of the molecule is O=C1CCC(N2Cc3c(cccc3-c3cn(-c4cccc(OC(F)(F)F)c4)nn3)C2=O)C(=O)N1. The van der Waals surface area contributed by atoms with Gasteiger partial charge in [-0.2, -0.15) is 0 Å². The van der Waals surface area contributed by atoms with Gasteiger partial charge in [-0.25, -0.2) is 4.68 Å². The number of hydrogen-bond donors (Lipinski definition) is 1. The van der Waals surface area contributed by atoms with Gasteiger partial charge in [0.25, 0.3) is 5.91 Å². The topological polar surface area (TPSA) is 106 Å². The van der Waals surface area contributed by atoms with Crippen LogP contribution >= 0.6 is 0 Å². The Morgan fingerprint density at radius 1 is 1.06 bits per heavy atom. The van der Waals surface area contributed by atoms with E-state index in [4.69, 9.17) is 0 Å². The number of imide groups is 1. The molecule has 0 bridgehead atoms. The van der Waals surface area contributed by atoms with Crippen LogP contribution in [0.2, 0.25) is 0 Å². The highest BCUT2D eigenvalue weighted by Gasteiger charge is 2.40. The first-order valence-corrected chi connectivity index (χ1v) is 10.2. The molecule has 0 radical (unpaired) electrons. The molecule has 0 spiro atoms. The molecule has 1 fully saturated rings. The Balaban J connectivity index is 1.43. The Bertz CT molecular complexity index is 1320. The zero-order valence-corrected chi connectivity index (χ0v) is 17.4. The molecule has 1 aromatic heterocycles. The molecule has 5 rings (SSSR count). The lowest BCUT2D eigenvalue weighted by molar-refractivity contribution is -0.274. The van der Waals surface area contributed by atoms with Gasteiger partial charge in [-0.05, 0) is 30.2 Å². The number of rotatable bonds is 4. The summed E-state index contributed by atoms with van der Waals surface area (Å²) in [7, 11) is 0. The highest BCUT2D eigenvalue weighted by molar-refractivity contribution is 6.06. The van der Waals surface area contributed by atoms with Crippen LogP contribution in [0.4, 0.5) is 13.2 Å². The summed E-state index contributed by atoms with van der Waals surface area (Å²) in [5.41, 5.74) is 2.37. The number of nitrogens with zero attached hydrogens (tertiary/aromatic N) is 4. The molecule has 174 valence electrons. The first-order valence-electron chi connectivity index (χ1n) is 10.2. The van der Waals surface area contributed by atoms with Gasteiger partial charge in [-0.3, -0.25) is 19.7 Å². The van der Waals surface area contributed by atoms with E-state index in [1.54, 1.807) is 24.3 Å². The van der Waals surface area contributed by atoms with E-state index in [1.807, 2.05) is 0 Å². The van der Waals surface area contributed by atoms with E-state index >= 15 is 0 Å². The third-order valence-electron chi connectivity index (χ3n) is 5.67. The maximum Gasteiger partial charge on any atom is 0.573 e. The number of amides is 3. The Labute approximate surface area is 190 Å². The van der Waals surface area contributed by atoms with Crippen molar-refractivity contribution < 1.29 is 32.3 Å². The van der Waals surface area contributed by atoms with Crippen molar-refractivity contribution in [1.82, 2.24) is 25.2 Å². The standard InChI is InChI=1S/C22H16F3N5O4/c23-22(24,25)34-13-4-1-3-12(9-13)30-11-17(27-28-30)14-5-2-6-15-16(14)10-29(21(15)33)18-7-8-19(31)26-20(18)32/h1-6,9,11,18H,7-8,10H2,(H,26,31,32). The Morgan fingerprint density at radius 2 is 1.82 bits per heavy atom. The van der Waals surface area contributed by atoms with E-state index in [-0.39, 0.29) is 31.2 Å². The third kappa shape index (κ3) is 3.98. The van der Waals surface area contributed by atoms with Crippen LogP contribution in [0.5, 0.6) is 5.75 Å². The number of aromatic nitrogens is 3. The minimum atomic E-state index is -4.82. The predicted octanol–water partition coefficient (Wildman–Crippen LogP) is 2.59. The van der Waals surface area contributed by atoms with Gasteiger partial charge in [0.15, 0.2) is 0 Å². The van der Waals surface area contributed by atoms with Crippen molar-refractivity contribution in [1.29, 1.82) is 0 Å². The van der Waals surface area contributed by atoms with Crippen LogP contribution in [0.1, 0.15) is 28.8 Å². The molecule has 1 unspecified atom stereocenters. The molecular weight excluding hydrogens is 455 g/mol. The van der Waals surface area contributed by atoms with Crippen molar-refractivity contribution in [3.05, 3.63) is 59.8 Å². The van der Waals surface area contributed by atoms with Crippen LogP contribution in [0.25, 0.3) is 16.9 Å². The second-order valence-electron chi connectivity index (χ2n) is 7.83. The summed E-state index contributed by atoms with van der Waals surface area (Å²) in [6.07, 6.45) is -2.90. The van der Waals surface area contributed by atoms with Gasteiger partial charge in [0.1, 0.15) is 17.5 Å². The van der Waals surface area contributed by atoms with Gasteiger partial charge in [0.05, 0.1) is 11.9 Å². The summed E-state index contributed by atoms with van der Waals surface area (Å²) in [5.74, 6) is -1.60. The van der Waals surface area contributed by atoms with Crippen LogP contribution in [-0.4, -0.2) is 50.0 Å². The molecule has 2 aliphatic heterocycles. The predicted molar refractivity (Wildman–Crippen MR) is 110 cm³/mol. The molecule has 9 nitrogen and oxygen atoms in total. The van der Waals surface area contributed by atoms with Crippen molar-refractivity contribution in [3.8, 4) is 22.7 Å². The zero-order valence-electron chi connectivity index (χ0n) is 17.4. The lowest BCUT2D eigenvalue weighted by Gasteiger charge is -2.29.